The normalized spacial score (nSPS) is 10.2. The van der Waals surface area contributed by atoms with Crippen molar-refractivity contribution in [3.8, 4) is 22.8 Å². The van der Waals surface area contributed by atoms with Crippen LogP contribution in [0.3, 0.4) is 0 Å². The van der Waals surface area contributed by atoms with Crippen LogP contribution in [0.15, 0.2) is 69.7 Å². The van der Waals surface area contributed by atoms with Crippen molar-refractivity contribution in [3.63, 3.8) is 0 Å². The van der Waals surface area contributed by atoms with Crippen LogP contribution in [0.25, 0.3) is 22.8 Å². The Balaban J connectivity index is 0.000000151. The van der Waals surface area contributed by atoms with Crippen LogP contribution in [0, 0.1) is 0 Å². The van der Waals surface area contributed by atoms with Crippen molar-refractivity contribution in [2.24, 2.45) is 0 Å². The largest absolute Gasteiger partial charge is 0.338 e. The molecule has 0 aliphatic heterocycles. The van der Waals surface area contributed by atoms with E-state index in [2.05, 4.69) is 20.3 Å². The summed E-state index contributed by atoms with van der Waals surface area (Å²) in [6.45, 7) is 0. The molecule has 0 atom stereocenters. The van der Waals surface area contributed by atoms with Gasteiger partial charge in [-0.15, -0.1) is 23.2 Å². The lowest BCUT2D eigenvalue weighted by Crippen LogP contribution is -1.80. The number of aromatic nitrogens is 4. The highest BCUT2D eigenvalue weighted by molar-refractivity contribution is 6.16. The van der Waals surface area contributed by atoms with Crippen LogP contribution in [0.2, 0.25) is 0 Å². The maximum absolute atomic E-state index is 5.53. The van der Waals surface area contributed by atoms with E-state index in [1.165, 1.54) is 0 Å². The molecule has 0 radical (unpaired) electrons. The molecule has 0 saturated heterocycles. The van der Waals surface area contributed by atoms with Crippen LogP contribution in [0.1, 0.15) is 11.8 Å². The molecule has 0 fully saturated rings. The third kappa shape index (κ3) is 4.68. The van der Waals surface area contributed by atoms with Gasteiger partial charge in [-0.3, -0.25) is 0 Å². The molecule has 0 unspecified atom stereocenters. The van der Waals surface area contributed by atoms with E-state index in [1.54, 1.807) is 0 Å². The van der Waals surface area contributed by atoms with E-state index in [0.717, 1.165) is 11.1 Å². The predicted molar refractivity (Wildman–Crippen MR) is 98.6 cm³/mol. The molecule has 0 saturated carbocycles. The van der Waals surface area contributed by atoms with Gasteiger partial charge >= 0.3 is 0 Å². The molecule has 0 aliphatic carbocycles. The number of hydrogen-bond acceptors (Lipinski definition) is 6. The monoisotopic (exact) mass is 388 g/mol. The predicted octanol–water partition coefficient (Wildman–Crippen LogP) is 4.95. The van der Waals surface area contributed by atoms with Crippen molar-refractivity contribution >= 4 is 23.2 Å². The summed E-state index contributed by atoms with van der Waals surface area (Å²) >= 11 is 11.1. The number of halogens is 2. The Bertz CT molecular complexity index is 849. The first-order valence-electron chi connectivity index (χ1n) is 7.68. The summed E-state index contributed by atoms with van der Waals surface area (Å²) in [5.41, 5.74) is 1.87. The van der Waals surface area contributed by atoms with Gasteiger partial charge in [0.25, 0.3) is 0 Å². The molecule has 2 aromatic heterocycles. The first-order chi connectivity index (χ1) is 12.8. The molecular formula is C18H14Cl2N4O2. The van der Waals surface area contributed by atoms with Gasteiger partial charge in [-0.2, -0.15) is 9.97 Å². The van der Waals surface area contributed by atoms with Crippen molar-refractivity contribution in [2.75, 3.05) is 0 Å². The quantitative estimate of drug-likeness (QED) is 0.460. The summed E-state index contributed by atoms with van der Waals surface area (Å²) in [5.74, 6) is 2.55. The third-order valence-electron chi connectivity index (χ3n) is 3.23. The van der Waals surface area contributed by atoms with Crippen molar-refractivity contribution in [1.29, 1.82) is 0 Å². The van der Waals surface area contributed by atoms with Crippen LogP contribution in [-0.4, -0.2) is 20.3 Å². The average Bonchev–Trinajstić information content (AvgIpc) is 3.39. The number of alkyl halides is 2. The second kappa shape index (κ2) is 9.12. The number of benzene rings is 2. The number of rotatable bonds is 4. The van der Waals surface area contributed by atoms with Crippen LogP contribution in [0.5, 0.6) is 0 Å². The van der Waals surface area contributed by atoms with Crippen molar-refractivity contribution in [1.82, 2.24) is 20.3 Å². The van der Waals surface area contributed by atoms with E-state index < -0.39 is 0 Å². The van der Waals surface area contributed by atoms with E-state index in [4.69, 9.17) is 32.2 Å². The van der Waals surface area contributed by atoms with Crippen molar-refractivity contribution < 1.29 is 9.05 Å². The Hall–Kier alpha value is -2.70. The molecule has 132 valence electrons. The summed E-state index contributed by atoms with van der Waals surface area (Å²) in [4.78, 5) is 8.18. The van der Waals surface area contributed by atoms with Gasteiger partial charge in [-0.25, -0.2) is 0 Å². The lowest BCUT2D eigenvalue weighted by molar-refractivity contribution is 0.391. The second-order valence-corrected chi connectivity index (χ2v) is 5.56. The molecule has 0 aliphatic rings. The van der Waals surface area contributed by atoms with E-state index in [0.29, 0.717) is 23.4 Å². The third-order valence-corrected chi connectivity index (χ3v) is 3.69. The Morgan fingerprint density at radius 1 is 0.615 bits per heavy atom. The SMILES string of the molecule is ClCc1nc(-c2ccccc2)no1.ClCc1nc(-c2ccccc2)no1. The smallest absolute Gasteiger partial charge is 0.241 e. The van der Waals surface area contributed by atoms with Crippen LogP contribution < -0.4 is 0 Å². The molecule has 4 aromatic rings. The van der Waals surface area contributed by atoms with E-state index in [9.17, 15) is 0 Å². The molecule has 4 rings (SSSR count). The summed E-state index contributed by atoms with van der Waals surface area (Å²) in [6, 6.07) is 19.2. The fourth-order valence-electron chi connectivity index (χ4n) is 2.03. The summed E-state index contributed by atoms with van der Waals surface area (Å²) in [7, 11) is 0. The van der Waals surface area contributed by atoms with E-state index in [-0.39, 0.29) is 11.8 Å². The van der Waals surface area contributed by atoms with Gasteiger partial charge in [0, 0.05) is 11.1 Å². The standard InChI is InChI=1S/2C9H7ClN2O/c2*10-6-8-11-9(12-13-8)7-4-2-1-3-5-7/h2*1-5H,6H2. The van der Waals surface area contributed by atoms with Crippen molar-refractivity contribution in [3.05, 3.63) is 72.4 Å². The van der Waals surface area contributed by atoms with Crippen molar-refractivity contribution in [2.45, 2.75) is 11.8 Å². The zero-order valence-electron chi connectivity index (χ0n) is 13.5. The maximum Gasteiger partial charge on any atom is 0.241 e. The molecular weight excluding hydrogens is 375 g/mol. The number of nitrogens with zero attached hydrogens (tertiary/aromatic N) is 4. The molecule has 2 aromatic carbocycles. The van der Waals surface area contributed by atoms with Gasteiger partial charge in [0.2, 0.25) is 23.4 Å². The van der Waals surface area contributed by atoms with E-state index in [1.807, 2.05) is 60.7 Å². The zero-order chi connectivity index (χ0) is 18.2. The minimum atomic E-state index is 0.250. The topological polar surface area (TPSA) is 77.8 Å². The molecule has 0 bridgehead atoms. The molecule has 26 heavy (non-hydrogen) atoms. The Labute approximate surface area is 159 Å². The fraction of sp³-hybridized carbons (Fsp3) is 0.111. The maximum atomic E-state index is 5.53. The zero-order valence-corrected chi connectivity index (χ0v) is 15.1. The number of hydrogen-bond donors (Lipinski definition) is 0. The Morgan fingerprint density at radius 3 is 1.31 bits per heavy atom. The molecule has 0 N–H and O–H groups in total. The van der Waals surface area contributed by atoms with Crippen LogP contribution in [0.4, 0.5) is 0 Å². The Morgan fingerprint density at radius 2 is 1.00 bits per heavy atom. The van der Waals surface area contributed by atoms with Gasteiger partial charge in [0.05, 0.1) is 0 Å². The van der Waals surface area contributed by atoms with Gasteiger partial charge in [0.1, 0.15) is 11.8 Å². The molecule has 0 spiro atoms. The fourth-order valence-corrected chi connectivity index (χ4v) is 2.24. The van der Waals surface area contributed by atoms with Gasteiger partial charge in [0.15, 0.2) is 0 Å². The van der Waals surface area contributed by atoms with Gasteiger partial charge in [-0.05, 0) is 0 Å². The van der Waals surface area contributed by atoms with Gasteiger partial charge in [-0.1, -0.05) is 71.0 Å². The highest BCUT2D eigenvalue weighted by Crippen LogP contribution is 2.16. The average molecular weight is 389 g/mol. The van der Waals surface area contributed by atoms with Crippen LogP contribution >= 0.6 is 23.2 Å². The minimum absolute atomic E-state index is 0.250. The molecule has 8 heteroatoms. The summed E-state index contributed by atoms with van der Waals surface area (Å²) < 4.78 is 9.75. The van der Waals surface area contributed by atoms with Crippen LogP contribution in [-0.2, 0) is 11.8 Å². The highest BCUT2D eigenvalue weighted by Gasteiger charge is 2.06. The molecule has 6 nitrogen and oxygen atoms in total. The summed E-state index contributed by atoms with van der Waals surface area (Å²) in [6.07, 6.45) is 0. The first kappa shape index (κ1) is 18.1. The highest BCUT2D eigenvalue weighted by atomic mass is 35.5. The van der Waals surface area contributed by atoms with Gasteiger partial charge < -0.3 is 9.05 Å². The minimum Gasteiger partial charge on any atom is -0.338 e. The lowest BCUT2D eigenvalue weighted by atomic mass is 10.2. The lowest BCUT2D eigenvalue weighted by Gasteiger charge is -1.89. The Kier molecular flexibility index (Phi) is 6.35. The van der Waals surface area contributed by atoms with E-state index >= 15 is 0 Å². The first-order valence-corrected chi connectivity index (χ1v) is 8.75. The summed E-state index contributed by atoms with van der Waals surface area (Å²) in [5, 5.41) is 7.57. The molecule has 2 heterocycles. The molecule has 0 amide bonds. The second-order valence-electron chi connectivity index (χ2n) is 5.02.